The fourth-order valence-electron chi connectivity index (χ4n) is 0.828. The molecule has 0 aliphatic carbocycles. The van der Waals surface area contributed by atoms with Crippen LogP contribution in [0.25, 0.3) is 0 Å². The van der Waals surface area contributed by atoms with Gasteiger partial charge in [0.1, 0.15) is 0 Å². The van der Waals surface area contributed by atoms with Gasteiger partial charge in [0.05, 0.1) is 5.56 Å². The van der Waals surface area contributed by atoms with Crippen molar-refractivity contribution in [1.82, 2.24) is 10.0 Å². The van der Waals surface area contributed by atoms with Crippen LogP contribution in [0, 0.1) is 5.95 Å². The Morgan fingerprint density at radius 1 is 1.77 bits per heavy atom. The van der Waals surface area contributed by atoms with Gasteiger partial charge in [-0.05, 0) is 19.1 Å². The first-order chi connectivity index (χ1) is 6.16. The molecule has 0 aromatic carbocycles. The number of nitrogens with zero attached hydrogens (tertiary/aromatic N) is 2. The number of halogens is 1. The zero-order valence-corrected chi connectivity index (χ0v) is 7.07. The SMILES string of the molecule is CCN(O)C(=O)c1cccnc1F. The molecule has 0 spiro atoms. The van der Waals surface area contributed by atoms with E-state index in [0.29, 0.717) is 5.06 Å². The number of hydroxylamine groups is 2. The van der Waals surface area contributed by atoms with Crippen molar-refractivity contribution in [3.8, 4) is 0 Å². The van der Waals surface area contributed by atoms with E-state index in [1.54, 1.807) is 6.92 Å². The van der Waals surface area contributed by atoms with Crippen LogP contribution in [0.4, 0.5) is 4.39 Å². The van der Waals surface area contributed by atoms with Crippen molar-refractivity contribution >= 4 is 5.91 Å². The lowest BCUT2D eigenvalue weighted by Gasteiger charge is -2.11. The number of rotatable bonds is 2. The van der Waals surface area contributed by atoms with E-state index < -0.39 is 11.9 Å². The third kappa shape index (κ3) is 2.00. The minimum Gasteiger partial charge on any atom is -0.286 e. The maximum atomic E-state index is 12.9. The maximum absolute atomic E-state index is 12.9. The Labute approximate surface area is 74.6 Å². The van der Waals surface area contributed by atoms with Crippen LogP contribution in [0.2, 0.25) is 0 Å². The standard InChI is InChI=1S/C8H9FN2O2/c1-2-11(13)8(12)6-4-3-5-10-7(6)9/h3-5,13H,2H2,1H3. The highest BCUT2D eigenvalue weighted by atomic mass is 19.1. The van der Waals surface area contributed by atoms with E-state index in [4.69, 9.17) is 5.21 Å². The summed E-state index contributed by atoms with van der Waals surface area (Å²) >= 11 is 0. The molecule has 4 nitrogen and oxygen atoms in total. The van der Waals surface area contributed by atoms with Crippen LogP contribution in [0.15, 0.2) is 18.3 Å². The van der Waals surface area contributed by atoms with Crippen molar-refractivity contribution in [3.05, 3.63) is 29.8 Å². The molecule has 1 amide bonds. The predicted molar refractivity (Wildman–Crippen MR) is 42.7 cm³/mol. The normalized spacial score (nSPS) is 9.77. The highest BCUT2D eigenvalue weighted by Gasteiger charge is 2.16. The summed E-state index contributed by atoms with van der Waals surface area (Å²) < 4.78 is 12.9. The highest BCUT2D eigenvalue weighted by molar-refractivity contribution is 5.93. The Balaban J connectivity index is 2.95. The van der Waals surface area contributed by atoms with Crippen molar-refractivity contribution in [2.24, 2.45) is 0 Å². The molecule has 70 valence electrons. The Morgan fingerprint density at radius 3 is 3.00 bits per heavy atom. The second-order valence-electron chi connectivity index (χ2n) is 2.36. The molecule has 0 saturated heterocycles. The number of amides is 1. The molecular weight excluding hydrogens is 175 g/mol. The van der Waals surface area contributed by atoms with Crippen LogP contribution in [0.3, 0.4) is 0 Å². The quantitative estimate of drug-likeness (QED) is 0.425. The Kier molecular flexibility index (Phi) is 2.92. The zero-order chi connectivity index (χ0) is 9.84. The molecule has 5 heteroatoms. The van der Waals surface area contributed by atoms with Gasteiger partial charge in [0.15, 0.2) is 0 Å². The number of carbonyl (C=O) groups excluding carboxylic acids is 1. The van der Waals surface area contributed by atoms with Gasteiger partial charge < -0.3 is 0 Å². The summed E-state index contributed by atoms with van der Waals surface area (Å²) in [6.45, 7) is 1.68. The molecule has 0 aliphatic heterocycles. The van der Waals surface area contributed by atoms with Gasteiger partial charge in [-0.25, -0.2) is 10.0 Å². The van der Waals surface area contributed by atoms with Crippen LogP contribution in [0.1, 0.15) is 17.3 Å². The van der Waals surface area contributed by atoms with Crippen LogP contribution in [0.5, 0.6) is 0 Å². The molecule has 0 fully saturated rings. The van der Waals surface area contributed by atoms with Crippen molar-refractivity contribution in [1.29, 1.82) is 0 Å². The van der Waals surface area contributed by atoms with Gasteiger partial charge in [0.25, 0.3) is 5.91 Å². The lowest BCUT2D eigenvalue weighted by molar-refractivity contribution is -0.0545. The molecule has 0 aliphatic rings. The van der Waals surface area contributed by atoms with Crippen molar-refractivity contribution in [2.75, 3.05) is 6.54 Å². The zero-order valence-electron chi connectivity index (χ0n) is 7.07. The van der Waals surface area contributed by atoms with Gasteiger partial charge in [-0.3, -0.25) is 10.0 Å². The van der Waals surface area contributed by atoms with Crippen molar-refractivity contribution in [3.63, 3.8) is 0 Å². The third-order valence-corrected chi connectivity index (χ3v) is 1.52. The highest BCUT2D eigenvalue weighted by Crippen LogP contribution is 2.05. The summed E-state index contributed by atoms with van der Waals surface area (Å²) in [5, 5.41) is 9.42. The molecule has 0 atom stereocenters. The monoisotopic (exact) mass is 184 g/mol. The van der Waals surface area contributed by atoms with E-state index in [9.17, 15) is 9.18 Å². The lowest BCUT2D eigenvalue weighted by atomic mass is 10.2. The van der Waals surface area contributed by atoms with Gasteiger partial charge in [0.2, 0.25) is 5.95 Å². The minimum atomic E-state index is -0.875. The number of carbonyl (C=O) groups is 1. The Hall–Kier alpha value is -1.49. The summed E-state index contributed by atoms with van der Waals surface area (Å²) in [4.78, 5) is 14.5. The largest absolute Gasteiger partial charge is 0.286 e. The molecule has 0 radical (unpaired) electrons. The maximum Gasteiger partial charge on any atom is 0.281 e. The van der Waals surface area contributed by atoms with Crippen LogP contribution < -0.4 is 0 Å². The Morgan fingerprint density at radius 2 is 2.46 bits per heavy atom. The van der Waals surface area contributed by atoms with Crippen LogP contribution in [-0.2, 0) is 0 Å². The summed E-state index contributed by atoms with van der Waals surface area (Å²) in [5.74, 6) is -1.66. The average Bonchev–Trinajstić information content (AvgIpc) is 2.16. The molecule has 1 N–H and O–H groups in total. The number of hydrogen-bond donors (Lipinski definition) is 1. The van der Waals surface area contributed by atoms with Crippen molar-refractivity contribution < 1.29 is 14.4 Å². The summed E-state index contributed by atoms with van der Waals surface area (Å²) in [6, 6.07) is 2.70. The molecule has 1 rings (SSSR count). The molecule has 13 heavy (non-hydrogen) atoms. The molecule has 0 saturated carbocycles. The van der Waals surface area contributed by atoms with E-state index in [2.05, 4.69) is 4.98 Å². The molecule has 1 heterocycles. The molecule has 1 aromatic heterocycles. The van der Waals surface area contributed by atoms with Gasteiger partial charge in [0, 0.05) is 12.7 Å². The summed E-state index contributed by atoms with van der Waals surface area (Å²) in [5.41, 5.74) is -0.230. The van der Waals surface area contributed by atoms with Gasteiger partial charge >= 0.3 is 0 Å². The van der Waals surface area contributed by atoms with E-state index in [-0.39, 0.29) is 12.1 Å². The first-order valence-electron chi connectivity index (χ1n) is 3.78. The minimum absolute atomic E-state index is 0.104. The van der Waals surface area contributed by atoms with Gasteiger partial charge in [-0.1, -0.05) is 0 Å². The second-order valence-corrected chi connectivity index (χ2v) is 2.36. The topological polar surface area (TPSA) is 53.4 Å². The smallest absolute Gasteiger partial charge is 0.281 e. The average molecular weight is 184 g/mol. The number of aromatic nitrogens is 1. The lowest BCUT2D eigenvalue weighted by Crippen LogP contribution is -2.27. The second kappa shape index (κ2) is 3.95. The Bertz CT molecular complexity index is 317. The fraction of sp³-hybridized carbons (Fsp3) is 0.250. The third-order valence-electron chi connectivity index (χ3n) is 1.52. The summed E-state index contributed by atoms with van der Waals surface area (Å²) in [6.07, 6.45) is 1.24. The molecule has 1 aromatic rings. The van der Waals surface area contributed by atoms with E-state index >= 15 is 0 Å². The van der Waals surface area contributed by atoms with E-state index in [0.717, 1.165) is 0 Å². The molecular formula is C8H9FN2O2. The summed E-state index contributed by atoms with van der Waals surface area (Å²) in [7, 11) is 0. The first-order valence-corrected chi connectivity index (χ1v) is 3.78. The van der Waals surface area contributed by atoms with Crippen LogP contribution >= 0.6 is 0 Å². The number of hydrogen-bond acceptors (Lipinski definition) is 3. The van der Waals surface area contributed by atoms with Gasteiger partial charge in [-0.15, -0.1) is 0 Å². The van der Waals surface area contributed by atoms with E-state index in [1.165, 1.54) is 18.3 Å². The number of pyridine rings is 1. The first kappa shape index (κ1) is 9.60. The van der Waals surface area contributed by atoms with Crippen molar-refractivity contribution in [2.45, 2.75) is 6.92 Å². The predicted octanol–water partition coefficient (Wildman–Crippen LogP) is 1.07. The van der Waals surface area contributed by atoms with Gasteiger partial charge in [-0.2, -0.15) is 4.39 Å². The van der Waals surface area contributed by atoms with E-state index in [1.807, 2.05) is 0 Å². The molecule has 0 bridgehead atoms. The fourth-order valence-corrected chi connectivity index (χ4v) is 0.828. The molecule has 0 unspecified atom stereocenters. The van der Waals surface area contributed by atoms with Crippen LogP contribution in [-0.4, -0.2) is 27.7 Å².